The Kier molecular flexibility index (Phi) is 6.55. The van der Waals surface area contributed by atoms with E-state index in [1.165, 1.54) is 32.1 Å². The number of nitrogens with one attached hydrogen (secondary N) is 1. The second-order valence-corrected chi connectivity index (χ2v) is 6.68. The Labute approximate surface area is 135 Å². The maximum absolute atomic E-state index is 12.2. The van der Waals surface area contributed by atoms with Gasteiger partial charge in [0.1, 0.15) is 5.75 Å². The molecule has 4 heteroatoms. The van der Waals surface area contributed by atoms with E-state index in [1.54, 1.807) is 6.92 Å². The average Bonchev–Trinajstić information content (AvgIpc) is 2.44. The minimum atomic E-state index is -0.461. The van der Waals surface area contributed by atoms with Crippen LogP contribution in [0.1, 0.15) is 51.9 Å². The van der Waals surface area contributed by atoms with E-state index in [2.05, 4.69) is 21.2 Å². The first kappa shape index (κ1) is 16.3. The van der Waals surface area contributed by atoms with Crippen molar-refractivity contribution >= 4 is 21.8 Å². The quantitative estimate of drug-likeness (QED) is 0.868. The zero-order valence-electron chi connectivity index (χ0n) is 12.6. The predicted octanol–water partition coefficient (Wildman–Crippen LogP) is 4.45. The van der Waals surface area contributed by atoms with Crippen LogP contribution in [0.25, 0.3) is 0 Å². The largest absolute Gasteiger partial charge is 0.481 e. The highest BCUT2D eigenvalue weighted by Crippen LogP contribution is 2.19. The SMILES string of the molecule is C[C@@H](Oc1ccc(Br)cc1)C(=O)NC1CCCCCCC1. The maximum atomic E-state index is 12.2. The summed E-state index contributed by atoms with van der Waals surface area (Å²) >= 11 is 3.39. The van der Waals surface area contributed by atoms with E-state index in [0.717, 1.165) is 23.1 Å². The highest BCUT2D eigenvalue weighted by molar-refractivity contribution is 9.10. The molecule has 1 saturated carbocycles. The number of hydrogen-bond acceptors (Lipinski definition) is 2. The average molecular weight is 354 g/mol. The molecule has 1 aromatic rings. The van der Waals surface area contributed by atoms with E-state index in [0.29, 0.717) is 6.04 Å². The van der Waals surface area contributed by atoms with Crippen molar-refractivity contribution in [1.29, 1.82) is 0 Å². The van der Waals surface area contributed by atoms with Gasteiger partial charge in [-0.15, -0.1) is 0 Å². The molecular weight excluding hydrogens is 330 g/mol. The molecule has 0 saturated heterocycles. The summed E-state index contributed by atoms with van der Waals surface area (Å²) < 4.78 is 6.70. The third-order valence-electron chi connectivity index (χ3n) is 3.95. The van der Waals surface area contributed by atoms with Crippen LogP contribution in [-0.2, 0) is 4.79 Å². The highest BCUT2D eigenvalue weighted by Gasteiger charge is 2.19. The Balaban J connectivity index is 1.82. The molecule has 0 bridgehead atoms. The zero-order chi connectivity index (χ0) is 15.1. The first-order valence-corrected chi connectivity index (χ1v) is 8.67. The Hall–Kier alpha value is -1.03. The fraction of sp³-hybridized carbons (Fsp3) is 0.588. The summed E-state index contributed by atoms with van der Waals surface area (Å²) in [6.45, 7) is 1.81. The predicted molar refractivity (Wildman–Crippen MR) is 88.5 cm³/mol. The Bertz CT molecular complexity index is 439. The van der Waals surface area contributed by atoms with Crippen LogP contribution in [0.5, 0.6) is 5.75 Å². The lowest BCUT2D eigenvalue weighted by Gasteiger charge is -2.23. The summed E-state index contributed by atoms with van der Waals surface area (Å²) in [5.74, 6) is 0.710. The summed E-state index contributed by atoms with van der Waals surface area (Å²) in [5, 5.41) is 3.14. The molecule has 1 aromatic carbocycles. The number of amides is 1. The topological polar surface area (TPSA) is 38.3 Å². The van der Waals surface area contributed by atoms with Gasteiger partial charge in [0.2, 0.25) is 0 Å². The first-order chi connectivity index (χ1) is 10.1. The molecule has 1 N–H and O–H groups in total. The van der Waals surface area contributed by atoms with Gasteiger partial charge in [0, 0.05) is 10.5 Å². The van der Waals surface area contributed by atoms with E-state index in [1.807, 2.05) is 24.3 Å². The third-order valence-corrected chi connectivity index (χ3v) is 4.48. The standard InChI is InChI=1S/C17H24BrNO2/c1-13(21-16-11-9-14(18)10-12-16)17(20)19-15-7-5-3-2-4-6-8-15/h9-13,15H,2-8H2,1H3,(H,19,20)/t13-/m1/s1. The molecule has 2 rings (SSSR count). The number of hydrogen-bond donors (Lipinski definition) is 1. The molecule has 116 valence electrons. The van der Waals surface area contributed by atoms with Crippen LogP contribution >= 0.6 is 15.9 Å². The molecule has 0 heterocycles. The fourth-order valence-electron chi connectivity index (χ4n) is 2.69. The number of benzene rings is 1. The molecule has 1 aliphatic carbocycles. The van der Waals surface area contributed by atoms with Crippen molar-refractivity contribution < 1.29 is 9.53 Å². The van der Waals surface area contributed by atoms with Gasteiger partial charge in [-0.3, -0.25) is 4.79 Å². The first-order valence-electron chi connectivity index (χ1n) is 7.88. The normalized spacial score (nSPS) is 18.4. The van der Waals surface area contributed by atoms with Gasteiger partial charge in [0.25, 0.3) is 5.91 Å². The van der Waals surface area contributed by atoms with Crippen LogP contribution in [0.2, 0.25) is 0 Å². The van der Waals surface area contributed by atoms with Gasteiger partial charge in [-0.25, -0.2) is 0 Å². The van der Waals surface area contributed by atoms with Crippen LogP contribution in [0.3, 0.4) is 0 Å². The lowest BCUT2D eigenvalue weighted by molar-refractivity contribution is -0.128. The Morgan fingerprint density at radius 2 is 1.71 bits per heavy atom. The minimum absolute atomic E-state index is 0.0107. The van der Waals surface area contributed by atoms with Gasteiger partial charge in [0.05, 0.1) is 0 Å². The van der Waals surface area contributed by atoms with Crippen molar-refractivity contribution in [2.24, 2.45) is 0 Å². The number of carbonyl (C=O) groups is 1. The van der Waals surface area contributed by atoms with Crippen molar-refractivity contribution in [1.82, 2.24) is 5.32 Å². The molecule has 1 aliphatic rings. The number of carbonyl (C=O) groups excluding carboxylic acids is 1. The smallest absolute Gasteiger partial charge is 0.260 e. The van der Waals surface area contributed by atoms with Crippen molar-refractivity contribution in [2.45, 2.75) is 64.0 Å². The van der Waals surface area contributed by atoms with Gasteiger partial charge in [-0.05, 0) is 44.0 Å². The van der Waals surface area contributed by atoms with E-state index in [9.17, 15) is 4.79 Å². The highest BCUT2D eigenvalue weighted by atomic mass is 79.9. The van der Waals surface area contributed by atoms with Gasteiger partial charge in [-0.1, -0.05) is 48.0 Å². The summed E-state index contributed by atoms with van der Waals surface area (Å²) in [7, 11) is 0. The van der Waals surface area contributed by atoms with Crippen molar-refractivity contribution in [3.63, 3.8) is 0 Å². The van der Waals surface area contributed by atoms with Gasteiger partial charge in [-0.2, -0.15) is 0 Å². The van der Waals surface area contributed by atoms with Crippen molar-refractivity contribution in [2.75, 3.05) is 0 Å². The van der Waals surface area contributed by atoms with Gasteiger partial charge >= 0.3 is 0 Å². The third kappa shape index (κ3) is 5.70. The van der Waals surface area contributed by atoms with E-state index in [-0.39, 0.29) is 5.91 Å². The molecule has 21 heavy (non-hydrogen) atoms. The molecule has 0 radical (unpaired) electrons. The molecule has 0 unspecified atom stereocenters. The summed E-state index contributed by atoms with van der Waals surface area (Å²) in [4.78, 5) is 12.2. The monoisotopic (exact) mass is 353 g/mol. The molecule has 3 nitrogen and oxygen atoms in total. The van der Waals surface area contributed by atoms with E-state index in [4.69, 9.17) is 4.74 Å². The van der Waals surface area contributed by atoms with E-state index >= 15 is 0 Å². The Morgan fingerprint density at radius 3 is 2.33 bits per heavy atom. The molecule has 1 atom stereocenters. The Morgan fingerprint density at radius 1 is 1.14 bits per heavy atom. The summed E-state index contributed by atoms with van der Waals surface area (Å²) in [6.07, 6.45) is 8.07. The molecule has 1 fully saturated rings. The summed E-state index contributed by atoms with van der Waals surface area (Å²) in [6, 6.07) is 7.87. The fourth-order valence-corrected chi connectivity index (χ4v) is 2.95. The number of rotatable bonds is 4. The lowest BCUT2D eigenvalue weighted by Crippen LogP contribution is -2.42. The van der Waals surface area contributed by atoms with E-state index < -0.39 is 6.10 Å². The van der Waals surface area contributed by atoms with Crippen LogP contribution in [0.4, 0.5) is 0 Å². The van der Waals surface area contributed by atoms with Crippen LogP contribution < -0.4 is 10.1 Å². The maximum Gasteiger partial charge on any atom is 0.260 e. The molecule has 0 spiro atoms. The van der Waals surface area contributed by atoms with Crippen LogP contribution in [0, 0.1) is 0 Å². The van der Waals surface area contributed by atoms with Crippen molar-refractivity contribution in [3.8, 4) is 5.75 Å². The molecule has 0 aliphatic heterocycles. The molecule has 0 aromatic heterocycles. The second-order valence-electron chi connectivity index (χ2n) is 5.76. The van der Waals surface area contributed by atoms with Gasteiger partial charge < -0.3 is 10.1 Å². The van der Waals surface area contributed by atoms with Gasteiger partial charge in [0.15, 0.2) is 6.10 Å². The molecule has 1 amide bonds. The minimum Gasteiger partial charge on any atom is -0.481 e. The summed E-state index contributed by atoms with van der Waals surface area (Å²) in [5.41, 5.74) is 0. The number of ether oxygens (including phenoxy) is 1. The molecular formula is C17H24BrNO2. The number of halogens is 1. The van der Waals surface area contributed by atoms with Crippen LogP contribution in [0.15, 0.2) is 28.7 Å². The zero-order valence-corrected chi connectivity index (χ0v) is 14.2. The second kappa shape index (κ2) is 8.42. The van der Waals surface area contributed by atoms with Crippen molar-refractivity contribution in [3.05, 3.63) is 28.7 Å². The lowest BCUT2D eigenvalue weighted by atomic mass is 9.96. The van der Waals surface area contributed by atoms with Crippen LogP contribution in [-0.4, -0.2) is 18.1 Å².